The highest BCUT2D eigenvalue weighted by Gasteiger charge is 2.08. The average Bonchev–Trinajstić information content (AvgIpc) is 2.46. The van der Waals surface area contributed by atoms with Crippen LogP contribution in [0.1, 0.15) is 5.56 Å². The molecule has 4 nitrogen and oxygen atoms in total. The van der Waals surface area contributed by atoms with E-state index in [9.17, 15) is 14.0 Å². The first-order chi connectivity index (χ1) is 10.6. The van der Waals surface area contributed by atoms with Gasteiger partial charge in [-0.3, -0.25) is 4.79 Å². The van der Waals surface area contributed by atoms with Crippen LogP contribution in [-0.4, -0.2) is 5.97 Å². The van der Waals surface area contributed by atoms with Crippen LogP contribution in [0.2, 0.25) is 0 Å². The van der Waals surface area contributed by atoms with E-state index in [0.717, 1.165) is 5.39 Å². The number of hydrogen-bond donors (Lipinski definition) is 0. The minimum absolute atomic E-state index is 0.0471. The highest BCUT2D eigenvalue weighted by molar-refractivity contribution is 5.80. The van der Waals surface area contributed by atoms with Crippen LogP contribution in [0.5, 0.6) is 5.75 Å². The van der Waals surface area contributed by atoms with Crippen LogP contribution in [0, 0.1) is 5.82 Å². The third-order valence-corrected chi connectivity index (χ3v) is 3.06. The summed E-state index contributed by atoms with van der Waals surface area (Å²) in [4.78, 5) is 23.0. The molecule has 5 heteroatoms. The molecule has 0 atom stereocenters. The van der Waals surface area contributed by atoms with Gasteiger partial charge in [-0.25, -0.2) is 9.18 Å². The van der Waals surface area contributed by atoms with Gasteiger partial charge in [0.1, 0.15) is 17.1 Å². The third kappa shape index (κ3) is 3.20. The van der Waals surface area contributed by atoms with Gasteiger partial charge in [-0.15, -0.1) is 0 Å². The summed E-state index contributed by atoms with van der Waals surface area (Å²) >= 11 is 0. The topological polar surface area (TPSA) is 56.5 Å². The summed E-state index contributed by atoms with van der Waals surface area (Å²) in [6, 6.07) is 13.5. The first-order valence-electron chi connectivity index (χ1n) is 6.59. The van der Waals surface area contributed by atoms with Crippen molar-refractivity contribution in [1.29, 1.82) is 0 Å². The summed E-state index contributed by atoms with van der Waals surface area (Å²) < 4.78 is 23.3. The maximum absolute atomic E-state index is 13.1. The van der Waals surface area contributed by atoms with E-state index in [4.69, 9.17) is 9.15 Å². The van der Waals surface area contributed by atoms with E-state index < -0.39 is 17.4 Å². The highest BCUT2D eigenvalue weighted by atomic mass is 19.1. The quantitative estimate of drug-likeness (QED) is 0.423. The fourth-order valence-corrected chi connectivity index (χ4v) is 2.09. The maximum atomic E-state index is 13.1. The van der Waals surface area contributed by atoms with Crippen LogP contribution in [0.4, 0.5) is 4.39 Å². The van der Waals surface area contributed by atoms with Gasteiger partial charge in [0, 0.05) is 17.5 Å². The fourth-order valence-electron chi connectivity index (χ4n) is 2.09. The van der Waals surface area contributed by atoms with Crippen LogP contribution in [0.3, 0.4) is 0 Å². The van der Waals surface area contributed by atoms with Crippen molar-refractivity contribution in [1.82, 2.24) is 0 Å². The molecule has 0 aliphatic heterocycles. The molecule has 0 radical (unpaired) electrons. The van der Waals surface area contributed by atoms with Crippen molar-refractivity contribution in [3.05, 3.63) is 76.4 Å². The van der Waals surface area contributed by atoms with Gasteiger partial charge >= 0.3 is 11.6 Å². The van der Waals surface area contributed by atoms with E-state index in [1.807, 2.05) is 0 Å². The van der Waals surface area contributed by atoms with E-state index in [1.165, 1.54) is 30.3 Å². The third-order valence-electron chi connectivity index (χ3n) is 3.06. The molecule has 0 spiro atoms. The zero-order chi connectivity index (χ0) is 15.5. The summed E-state index contributed by atoms with van der Waals surface area (Å²) in [5, 5.41) is 0.726. The lowest BCUT2D eigenvalue weighted by molar-refractivity contribution is -0.133. The second kappa shape index (κ2) is 5.81. The summed E-state index contributed by atoms with van der Waals surface area (Å²) in [7, 11) is 0. The Morgan fingerprint density at radius 1 is 1.09 bits per heavy atom. The van der Waals surface area contributed by atoms with Crippen LogP contribution in [0.25, 0.3) is 11.0 Å². The zero-order valence-electron chi connectivity index (χ0n) is 11.4. The van der Waals surface area contributed by atoms with Gasteiger partial charge in [-0.1, -0.05) is 12.1 Å². The molecule has 0 unspecified atom stereocenters. The van der Waals surface area contributed by atoms with E-state index in [2.05, 4.69) is 0 Å². The van der Waals surface area contributed by atoms with Crippen molar-refractivity contribution in [3.63, 3.8) is 0 Å². The molecule has 2 aromatic carbocycles. The molecule has 0 saturated carbocycles. The number of benzene rings is 2. The highest BCUT2D eigenvalue weighted by Crippen LogP contribution is 2.20. The van der Waals surface area contributed by atoms with Crippen molar-refractivity contribution in [2.75, 3.05) is 0 Å². The van der Waals surface area contributed by atoms with Crippen molar-refractivity contribution in [3.8, 4) is 5.75 Å². The molecule has 110 valence electrons. The van der Waals surface area contributed by atoms with Crippen molar-refractivity contribution in [2.24, 2.45) is 0 Å². The minimum Gasteiger partial charge on any atom is -0.426 e. The number of carbonyl (C=O) groups is 1. The Labute approximate surface area is 124 Å². The molecule has 0 fully saturated rings. The molecule has 22 heavy (non-hydrogen) atoms. The maximum Gasteiger partial charge on any atom is 0.336 e. The molecule has 0 N–H and O–H groups in total. The van der Waals surface area contributed by atoms with Crippen molar-refractivity contribution in [2.45, 2.75) is 6.42 Å². The first kappa shape index (κ1) is 14.0. The summed E-state index contributed by atoms with van der Waals surface area (Å²) in [5.74, 6) is -0.663. The van der Waals surface area contributed by atoms with Crippen LogP contribution >= 0.6 is 0 Å². The monoisotopic (exact) mass is 298 g/mol. The predicted octanol–water partition coefficient (Wildman–Crippen LogP) is 3.08. The molecule has 3 rings (SSSR count). The molecular weight excluding hydrogens is 287 g/mol. The second-order valence-electron chi connectivity index (χ2n) is 4.73. The SMILES string of the molecule is O=C(Cc1cccc(F)c1)Oc1ccc2ccc(=O)oc2c1. The molecule has 0 aliphatic rings. The summed E-state index contributed by atoms with van der Waals surface area (Å²) in [6.45, 7) is 0. The fraction of sp³-hybridized carbons (Fsp3) is 0.0588. The normalized spacial score (nSPS) is 10.6. The Morgan fingerprint density at radius 3 is 2.73 bits per heavy atom. The van der Waals surface area contributed by atoms with Crippen LogP contribution in [-0.2, 0) is 11.2 Å². The Morgan fingerprint density at radius 2 is 1.91 bits per heavy atom. The van der Waals surface area contributed by atoms with E-state index >= 15 is 0 Å². The number of esters is 1. The van der Waals surface area contributed by atoms with Gasteiger partial charge in [-0.05, 0) is 35.9 Å². The van der Waals surface area contributed by atoms with E-state index in [1.54, 1.807) is 24.3 Å². The molecule has 0 bridgehead atoms. The van der Waals surface area contributed by atoms with Crippen molar-refractivity contribution < 1.29 is 18.3 Å². The minimum atomic E-state index is -0.525. The lowest BCUT2D eigenvalue weighted by Gasteiger charge is -2.05. The van der Waals surface area contributed by atoms with Crippen LogP contribution < -0.4 is 10.4 Å². The van der Waals surface area contributed by atoms with Crippen molar-refractivity contribution >= 4 is 16.9 Å². The standard InChI is InChI=1S/C17H11FO4/c18-13-3-1-2-11(8-13)9-17(20)21-14-6-4-12-5-7-16(19)22-15(12)10-14/h1-8,10H,9H2. The molecule has 3 aromatic rings. The van der Waals surface area contributed by atoms with Gasteiger partial charge in [0.15, 0.2) is 0 Å². The predicted molar refractivity (Wildman–Crippen MR) is 78.2 cm³/mol. The lowest BCUT2D eigenvalue weighted by atomic mass is 10.1. The van der Waals surface area contributed by atoms with Gasteiger partial charge in [0.25, 0.3) is 0 Å². The van der Waals surface area contributed by atoms with Gasteiger partial charge in [-0.2, -0.15) is 0 Å². The van der Waals surface area contributed by atoms with Crippen LogP contribution in [0.15, 0.2) is 63.8 Å². The molecular formula is C17H11FO4. The van der Waals surface area contributed by atoms with Gasteiger partial charge in [0.2, 0.25) is 0 Å². The molecule has 1 heterocycles. The smallest absolute Gasteiger partial charge is 0.336 e. The zero-order valence-corrected chi connectivity index (χ0v) is 11.4. The average molecular weight is 298 g/mol. The number of carbonyl (C=O) groups excluding carboxylic acids is 1. The number of halogens is 1. The Bertz CT molecular complexity index is 898. The Kier molecular flexibility index (Phi) is 3.70. The number of ether oxygens (including phenoxy) is 1. The molecule has 0 amide bonds. The summed E-state index contributed by atoms with van der Waals surface area (Å²) in [5.41, 5.74) is 0.386. The number of rotatable bonds is 3. The first-order valence-corrected chi connectivity index (χ1v) is 6.59. The van der Waals surface area contributed by atoms with E-state index in [-0.39, 0.29) is 12.2 Å². The van der Waals surface area contributed by atoms with Gasteiger partial charge in [0.05, 0.1) is 6.42 Å². The lowest BCUT2D eigenvalue weighted by Crippen LogP contribution is -2.11. The number of hydrogen-bond acceptors (Lipinski definition) is 4. The van der Waals surface area contributed by atoms with E-state index in [0.29, 0.717) is 11.1 Å². The molecule has 0 saturated heterocycles. The molecule has 1 aromatic heterocycles. The summed E-state index contributed by atoms with van der Waals surface area (Å²) in [6.07, 6.45) is -0.0471. The largest absolute Gasteiger partial charge is 0.426 e. The number of fused-ring (bicyclic) bond motifs is 1. The molecule has 0 aliphatic carbocycles. The second-order valence-corrected chi connectivity index (χ2v) is 4.73. The Hall–Kier alpha value is -2.95. The Balaban J connectivity index is 1.77. The van der Waals surface area contributed by atoms with Gasteiger partial charge < -0.3 is 9.15 Å².